The molecule has 0 spiro atoms. The van der Waals surface area contributed by atoms with Gasteiger partial charge in [0.2, 0.25) is 0 Å². The minimum Gasteiger partial charge on any atom is -0.317 e. The third-order valence-electron chi connectivity index (χ3n) is 4.58. The number of fused-ring (bicyclic) bond motifs is 1. The Kier molecular flexibility index (Phi) is 4.09. The summed E-state index contributed by atoms with van der Waals surface area (Å²) in [5.41, 5.74) is 1.99. The summed E-state index contributed by atoms with van der Waals surface area (Å²) in [6, 6.07) is 6.58. The Bertz CT molecular complexity index is 538. The molecule has 0 bridgehead atoms. The maximum absolute atomic E-state index is 12.3. The van der Waals surface area contributed by atoms with Crippen molar-refractivity contribution in [3.63, 3.8) is 0 Å². The zero-order chi connectivity index (χ0) is 15.0. The summed E-state index contributed by atoms with van der Waals surface area (Å²) < 4.78 is 0. The van der Waals surface area contributed by atoms with E-state index >= 15 is 0 Å². The second-order valence-electron chi connectivity index (χ2n) is 6.22. The normalized spacial score (nSPS) is 20.6. The summed E-state index contributed by atoms with van der Waals surface area (Å²) in [5, 5.41) is 3.70. The molecule has 5 heteroatoms. The number of carbonyl (C=O) groups excluding carboxylic acids is 1. The molecule has 0 aliphatic carbocycles. The Morgan fingerprint density at radius 1 is 1.29 bits per heavy atom. The van der Waals surface area contributed by atoms with E-state index in [0.717, 1.165) is 42.2 Å². The molecule has 0 aromatic heterocycles. The molecular weight excluding hydrogens is 286 g/mol. The number of hydrogen-bond donors (Lipinski definition) is 1. The fourth-order valence-electron chi connectivity index (χ4n) is 3.27. The number of anilines is 1. The van der Waals surface area contributed by atoms with Gasteiger partial charge in [-0.3, -0.25) is 0 Å². The van der Waals surface area contributed by atoms with Gasteiger partial charge in [0.05, 0.1) is 0 Å². The molecule has 114 valence electrons. The van der Waals surface area contributed by atoms with Crippen LogP contribution in [0.4, 0.5) is 10.5 Å². The van der Waals surface area contributed by atoms with E-state index in [1.54, 1.807) is 0 Å². The van der Waals surface area contributed by atoms with E-state index in [-0.39, 0.29) is 6.03 Å². The Hall–Kier alpha value is -1.26. The molecule has 1 fully saturated rings. The van der Waals surface area contributed by atoms with Crippen molar-refractivity contribution in [2.45, 2.75) is 45.3 Å². The topological polar surface area (TPSA) is 35.6 Å². The van der Waals surface area contributed by atoms with Crippen LogP contribution in [0.3, 0.4) is 0 Å². The molecule has 1 aromatic rings. The van der Waals surface area contributed by atoms with Crippen LogP contribution in [0.25, 0.3) is 0 Å². The van der Waals surface area contributed by atoms with E-state index in [1.165, 1.54) is 0 Å². The third-order valence-corrected chi connectivity index (χ3v) is 4.82. The number of hydrogen-bond acceptors (Lipinski definition) is 2. The van der Waals surface area contributed by atoms with Gasteiger partial charge < -0.3 is 15.1 Å². The van der Waals surface area contributed by atoms with Crippen LogP contribution in [0.1, 0.15) is 32.3 Å². The van der Waals surface area contributed by atoms with E-state index in [9.17, 15) is 4.79 Å². The summed E-state index contributed by atoms with van der Waals surface area (Å²) in [4.78, 5) is 16.8. The zero-order valence-corrected chi connectivity index (χ0v) is 13.4. The number of nitrogens with one attached hydrogen (secondary N) is 1. The van der Waals surface area contributed by atoms with Crippen LogP contribution in [0.2, 0.25) is 5.02 Å². The van der Waals surface area contributed by atoms with Crippen molar-refractivity contribution >= 4 is 23.3 Å². The smallest absolute Gasteiger partial charge is 0.317 e. The first-order valence-corrected chi connectivity index (χ1v) is 8.02. The maximum atomic E-state index is 12.3. The van der Waals surface area contributed by atoms with Crippen molar-refractivity contribution in [2.24, 2.45) is 0 Å². The number of carbonyl (C=O) groups is 1. The van der Waals surface area contributed by atoms with Gasteiger partial charge in [-0.1, -0.05) is 11.6 Å². The lowest BCUT2D eigenvalue weighted by Gasteiger charge is -2.41. The molecule has 4 nitrogen and oxygen atoms in total. The highest BCUT2D eigenvalue weighted by atomic mass is 35.5. The largest absolute Gasteiger partial charge is 0.322 e. The van der Waals surface area contributed by atoms with Gasteiger partial charge in [0.25, 0.3) is 0 Å². The van der Waals surface area contributed by atoms with Gasteiger partial charge in [-0.25, -0.2) is 4.79 Å². The Balaban J connectivity index is 1.71. The van der Waals surface area contributed by atoms with Gasteiger partial charge in [0.15, 0.2) is 0 Å². The first-order chi connectivity index (χ1) is 10.0. The van der Waals surface area contributed by atoms with Gasteiger partial charge >= 0.3 is 6.03 Å². The summed E-state index contributed by atoms with van der Waals surface area (Å²) in [6.07, 6.45) is 2.09. The predicted molar refractivity (Wildman–Crippen MR) is 85.7 cm³/mol. The summed E-state index contributed by atoms with van der Waals surface area (Å²) in [6.45, 7) is 7.25. The van der Waals surface area contributed by atoms with Crippen molar-refractivity contribution in [1.82, 2.24) is 9.80 Å². The molecule has 3 rings (SSSR count). The third kappa shape index (κ3) is 3.01. The molecule has 1 aromatic carbocycles. The zero-order valence-electron chi connectivity index (χ0n) is 12.6. The molecule has 21 heavy (non-hydrogen) atoms. The fourth-order valence-corrected chi connectivity index (χ4v) is 3.46. The van der Waals surface area contributed by atoms with Crippen molar-refractivity contribution in [3.8, 4) is 0 Å². The Labute approximate surface area is 131 Å². The fraction of sp³-hybridized carbons (Fsp3) is 0.562. The van der Waals surface area contributed by atoms with E-state index in [2.05, 4.69) is 24.1 Å². The highest BCUT2D eigenvalue weighted by Crippen LogP contribution is 2.29. The molecule has 0 radical (unpaired) electrons. The van der Waals surface area contributed by atoms with Crippen LogP contribution in [-0.4, -0.2) is 41.0 Å². The molecule has 1 saturated heterocycles. The highest BCUT2D eigenvalue weighted by molar-refractivity contribution is 6.30. The lowest BCUT2D eigenvalue weighted by molar-refractivity contribution is 0.105. The Morgan fingerprint density at radius 2 is 2.00 bits per heavy atom. The molecule has 0 unspecified atom stereocenters. The lowest BCUT2D eigenvalue weighted by atomic mass is 10.00. The summed E-state index contributed by atoms with van der Waals surface area (Å²) in [5.74, 6) is 0. The highest BCUT2D eigenvalue weighted by Gasteiger charge is 2.31. The SMILES string of the molecule is CC(C)N1CCC(N2Cc3cc(Cl)ccc3NC2=O)CC1. The van der Waals surface area contributed by atoms with Crippen LogP contribution in [0, 0.1) is 0 Å². The molecule has 2 amide bonds. The molecule has 2 aliphatic heterocycles. The van der Waals surface area contributed by atoms with Gasteiger partial charge in [-0.15, -0.1) is 0 Å². The van der Waals surface area contributed by atoms with Crippen molar-refractivity contribution in [2.75, 3.05) is 18.4 Å². The number of amides is 2. The average Bonchev–Trinajstić information content (AvgIpc) is 2.47. The van der Waals surface area contributed by atoms with Crippen molar-refractivity contribution in [3.05, 3.63) is 28.8 Å². The molecule has 2 heterocycles. The van der Waals surface area contributed by atoms with Crippen molar-refractivity contribution < 1.29 is 4.79 Å². The summed E-state index contributed by atoms with van der Waals surface area (Å²) in [7, 11) is 0. The standard InChI is InChI=1S/C16H22ClN3O/c1-11(2)19-7-5-14(6-8-19)20-10-12-9-13(17)3-4-15(12)18-16(20)21/h3-4,9,11,14H,5-8,10H2,1-2H3,(H,18,21). The van der Waals surface area contributed by atoms with E-state index in [4.69, 9.17) is 11.6 Å². The second-order valence-corrected chi connectivity index (χ2v) is 6.66. The van der Waals surface area contributed by atoms with E-state index in [1.807, 2.05) is 23.1 Å². The number of benzene rings is 1. The molecule has 0 saturated carbocycles. The van der Waals surface area contributed by atoms with Crippen LogP contribution in [0.5, 0.6) is 0 Å². The minimum atomic E-state index is 0.0211. The second kappa shape index (κ2) is 5.85. The summed E-state index contributed by atoms with van der Waals surface area (Å²) >= 11 is 6.06. The monoisotopic (exact) mass is 307 g/mol. The van der Waals surface area contributed by atoms with E-state index < -0.39 is 0 Å². The van der Waals surface area contributed by atoms with Crippen molar-refractivity contribution in [1.29, 1.82) is 0 Å². The minimum absolute atomic E-state index is 0.0211. The van der Waals surface area contributed by atoms with Gasteiger partial charge in [0.1, 0.15) is 0 Å². The predicted octanol–water partition coefficient (Wildman–Crippen LogP) is 3.56. The van der Waals surface area contributed by atoms with Crippen LogP contribution < -0.4 is 5.32 Å². The molecule has 2 aliphatic rings. The van der Waals surface area contributed by atoms with Gasteiger partial charge in [-0.05, 0) is 50.5 Å². The quantitative estimate of drug-likeness (QED) is 0.907. The van der Waals surface area contributed by atoms with E-state index in [0.29, 0.717) is 18.6 Å². The number of piperidine rings is 1. The number of halogens is 1. The van der Waals surface area contributed by atoms with Crippen LogP contribution in [0.15, 0.2) is 18.2 Å². The maximum Gasteiger partial charge on any atom is 0.322 e. The first-order valence-electron chi connectivity index (χ1n) is 7.64. The van der Waals surface area contributed by atoms with Crippen LogP contribution in [-0.2, 0) is 6.54 Å². The molecule has 0 atom stereocenters. The first kappa shape index (κ1) is 14.7. The van der Waals surface area contributed by atoms with Crippen LogP contribution >= 0.6 is 11.6 Å². The Morgan fingerprint density at radius 3 is 2.67 bits per heavy atom. The number of likely N-dealkylation sites (tertiary alicyclic amines) is 1. The molecular formula is C16H22ClN3O. The van der Waals surface area contributed by atoms with Gasteiger partial charge in [-0.2, -0.15) is 0 Å². The molecule has 1 N–H and O–H groups in total. The average molecular weight is 308 g/mol. The van der Waals surface area contributed by atoms with Gasteiger partial charge in [0, 0.05) is 42.4 Å². The number of rotatable bonds is 2. The number of urea groups is 1. The number of nitrogens with zero attached hydrogens (tertiary/aromatic N) is 2. The lowest BCUT2D eigenvalue weighted by Crippen LogP contribution is -2.51.